The van der Waals surface area contributed by atoms with E-state index in [0.717, 1.165) is 24.7 Å². The highest BCUT2D eigenvalue weighted by Gasteiger charge is 2.41. The molecule has 1 aromatic heterocycles. The Morgan fingerprint density at radius 1 is 1.74 bits per heavy atom. The van der Waals surface area contributed by atoms with E-state index in [1.165, 1.54) is 24.2 Å². The molecule has 2 rings (SSSR count). The summed E-state index contributed by atoms with van der Waals surface area (Å²) in [5.41, 5.74) is 6.25. The van der Waals surface area contributed by atoms with Gasteiger partial charge in [-0.1, -0.05) is 0 Å². The number of ether oxygens (including phenoxy) is 1. The Labute approximate surface area is 116 Å². The van der Waals surface area contributed by atoms with Crippen molar-refractivity contribution in [3.8, 4) is 0 Å². The second-order valence-corrected chi connectivity index (χ2v) is 5.85. The van der Waals surface area contributed by atoms with Gasteiger partial charge < -0.3 is 20.9 Å². The number of carbonyl (C=O) groups is 1. The molecule has 1 fully saturated rings. The quantitative estimate of drug-likeness (QED) is 0.669. The predicted molar refractivity (Wildman–Crippen MR) is 73.3 cm³/mol. The average molecular weight is 285 g/mol. The minimum Gasteiger partial charge on any atom is -0.480 e. The topological polar surface area (TPSA) is 97.5 Å². The van der Waals surface area contributed by atoms with Crippen molar-refractivity contribution in [1.29, 1.82) is 0 Å². The molecule has 19 heavy (non-hydrogen) atoms. The van der Waals surface area contributed by atoms with Crippen LogP contribution in [0.25, 0.3) is 0 Å². The van der Waals surface area contributed by atoms with Crippen molar-refractivity contribution in [2.75, 3.05) is 25.6 Å². The molecule has 1 heterocycles. The molecule has 0 saturated heterocycles. The number of aliphatic carboxylic acids is 1. The summed E-state index contributed by atoms with van der Waals surface area (Å²) >= 11 is 1.39. The van der Waals surface area contributed by atoms with Gasteiger partial charge in [0, 0.05) is 25.6 Å². The second kappa shape index (κ2) is 5.85. The summed E-state index contributed by atoms with van der Waals surface area (Å²) in [5.74, 6) is -1.06. The number of hydrogen-bond donors (Lipinski definition) is 3. The number of hydrogen-bond acceptors (Lipinski definition) is 6. The number of nitrogens with two attached hydrogens (primary N) is 1. The monoisotopic (exact) mass is 285 g/mol. The van der Waals surface area contributed by atoms with Crippen molar-refractivity contribution >= 4 is 22.4 Å². The standard InChI is InChI=1S/C12H19N3O3S/c1-18-5-4-12(2-3-12)7-14-11-15-8(6-19-11)9(13)10(16)17/h6,9H,2-5,7,13H2,1H3,(H,14,15)(H,16,17). The summed E-state index contributed by atoms with van der Waals surface area (Å²) in [6.07, 6.45) is 3.45. The van der Waals surface area contributed by atoms with Crippen molar-refractivity contribution in [2.45, 2.75) is 25.3 Å². The van der Waals surface area contributed by atoms with Gasteiger partial charge in [0.15, 0.2) is 5.13 Å². The van der Waals surface area contributed by atoms with Crippen LogP contribution in [0.4, 0.5) is 5.13 Å². The average Bonchev–Trinajstić information content (AvgIpc) is 3.01. The SMILES string of the molecule is COCCC1(CNc2nc(C(N)C(=O)O)cs2)CC1. The Kier molecular flexibility index (Phi) is 4.38. The van der Waals surface area contributed by atoms with Crippen LogP contribution in [-0.4, -0.2) is 36.3 Å². The normalized spacial score (nSPS) is 18.0. The predicted octanol–water partition coefficient (Wildman–Crippen LogP) is 1.46. The fourth-order valence-electron chi connectivity index (χ4n) is 1.91. The Bertz CT molecular complexity index is 445. The summed E-state index contributed by atoms with van der Waals surface area (Å²) < 4.78 is 5.11. The van der Waals surface area contributed by atoms with E-state index in [4.69, 9.17) is 15.6 Å². The van der Waals surface area contributed by atoms with Crippen LogP contribution in [0, 0.1) is 5.41 Å². The van der Waals surface area contributed by atoms with E-state index in [-0.39, 0.29) is 0 Å². The summed E-state index contributed by atoms with van der Waals surface area (Å²) in [6, 6.07) is -1.05. The first-order valence-corrected chi connectivity index (χ1v) is 7.11. The molecule has 0 bridgehead atoms. The number of thiazole rings is 1. The first-order chi connectivity index (χ1) is 9.06. The zero-order valence-electron chi connectivity index (χ0n) is 10.9. The largest absolute Gasteiger partial charge is 0.480 e. The van der Waals surface area contributed by atoms with E-state index in [9.17, 15) is 4.79 Å². The molecule has 0 aromatic carbocycles. The van der Waals surface area contributed by atoms with Gasteiger partial charge in [0.1, 0.15) is 6.04 Å². The van der Waals surface area contributed by atoms with Gasteiger partial charge >= 0.3 is 5.97 Å². The third-order valence-corrected chi connectivity index (χ3v) is 4.33. The summed E-state index contributed by atoms with van der Waals surface area (Å²) in [6.45, 7) is 1.63. The van der Waals surface area contributed by atoms with Crippen LogP contribution in [0.15, 0.2) is 5.38 Å². The van der Waals surface area contributed by atoms with Crippen LogP contribution in [0.3, 0.4) is 0 Å². The third kappa shape index (κ3) is 3.65. The van der Waals surface area contributed by atoms with Gasteiger partial charge in [-0.15, -0.1) is 11.3 Å². The Morgan fingerprint density at radius 2 is 2.47 bits per heavy atom. The molecule has 1 aliphatic carbocycles. The number of carboxylic acid groups (broad SMARTS) is 1. The number of carboxylic acids is 1. The maximum absolute atomic E-state index is 10.8. The molecule has 0 radical (unpaired) electrons. The number of nitrogens with zero attached hydrogens (tertiary/aromatic N) is 1. The molecular formula is C12H19N3O3S. The molecule has 1 aliphatic rings. The van der Waals surface area contributed by atoms with Gasteiger partial charge in [0.25, 0.3) is 0 Å². The highest BCUT2D eigenvalue weighted by Crippen LogP contribution is 2.48. The molecule has 1 saturated carbocycles. The molecule has 1 atom stereocenters. The van der Waals surface area contributed by atoms with E-state index in [0.29, 0.717) is 11.1 Å². The van der Waals surface area contributed by atoms with Gasteiger partial charge in [0.2, 0.25) is 0 Å². The molecule has 7 heteroatoms. The van der Waals surface area contributed by atoms with Gasteiger partial charge in [-0.25, -0.2) is 4.98 Å². The number of methoxy groups -OCH3 is 1. The van der Waals surface area contributed by atoms with Crippen molar-refractivity contribution in [2.24, 2.45) is 11.1 Å². The lowest BCUT2D eigenvalue weighted by Gasteiger charge is -2.14. The maximum Gasteiger partial charge on any atom is 0.326 e. The summed E-state index contributed by atoms with van der Waals surface area (Å²) in [5, 5.41) is 14.5. The highest BCUT2D eigenvalue weighted by atomic mass is 32.1. The molecule has 6 nitrogen and oxygen atoms in total. The molecule has 0 aliphatic heterocycles. The van der Waals surface area contributed by atoms with Gasteiger partial charge in [-0.05, 0) is 24.7 Å². The van der Waals surface area contributed by atoms with E-state index >= 15 is 0 Å². The molecule has 1 unspecified atom stereocenters. The number of rotatable bonds is 8. The summed E-state index contributed by atoms with van der Waals surface area (Å²) in [4.78, 5) is 15.0. The number of nitrogens with one attached hydrogen (secondary N) is 1. The van der Waals surface area contributed by atoms with Gasteiger partial charge in [-0.2, -0.15) is 0 Å². The minimum atomic E-state index is -1.06. The second-order valence-electron chi connectivity index (χ2n) is 4.99. The number of anilines is 1. The van der Waals surface area contributed by atoms with E-state index in [2.05, 4.69) is 10.3 Å². The van der Waals surface area contributed by atoms with Crippen LogP contribution in [0.5, 0.6) is 0 Å². The minimum absolute atomic E-state index is 0.330. The Morgan fingerprint density at radius 3 is 3.05 bits per heavy atom. The molecular weight excluding hydrogens is 266 g/mol. The molecule has 0 spiro atoms. The molecule has 4 N–H and O–H groups in total. The van der Waals surface area contributed by atoms with Gasteiger partial charge in [-0.3, -0.25) is 4.79 Å². The van der Waals surface area contributed by atoms with Crippen molar-refractivity contribution in [3.63, 3.8) is 0 Å². The molecule has 0 amide bonds. The molecule has 1 aromatic rings. The summed E-state index contributed by atoms with van der Waals surface area (Å²) in [7, 11) is 1.71. The highest BCUT2D eigenvalue weighted by molar-refractivity contribution is 7.13. The van der Waals surface area contributed by atoms with E-state index < -0.39 is 12.0 Å². The molecule has 106 valence electrons. The van der Waals surface area contributed by atoms with E-state index in [1.54, 1.807) is 12.5 Å². The van der Waals surface area contributed by atoms with Crippen LogP contribution in [-0.2, 0) is 9.53 Å². The van der Waals surface area contributed by atoms with Crippen LogP contribution in [0.1, 0.15) is 31.0 Å². The lowest BCUT2D eigenvalue weighted by Crippen LogP contribution is -2.21. The first-order valence-electron chi connectivity index (χ1n) is 6.23. The lowest BCUT2D eigenvalue weighted by atomic mass is 10.0. The van der Waals surface area contributed by atoms with Gasteiger partial charge in [0.05, 0.1) is 5.69 Å². The Hall–Kier alpha value is -1.18. The smallest absolute Gasteiger partial charge is 0.326 e. The van der Waals surface area contributed by atoms with Crippen molar-refractivity contribution < 1.29 is 14.6 Å². The van der Waals surface area contributed by atoms with Crippen molar-refractivity contribution in [3.05, 3.63) is 11.1 Å². The zero-order chi connectivity index (χ0) is 13.9. The lowest BCUT2D eigenvalue weighted by molar-refractivity contribution is -0.138. The number of aromatic nitrogens is 1. The fraction of sp³-hybridized carbons (Fsp3) is 0.667. The van der Waals surface area contributed by atoms with Crippen LogP contribution >= 0.6 is 11.3 Å². The fourth-order valence-corrected chi connectivity index (χ4v) is 2.66. The Balaban J connectivity index is 1.85. The van der Waals surface area contributed by atoms with E-state index in [1.807, 2.05) is 0 Å². The zero-order valence-corrected chi connectivity index (χ0v) is 11.7. The first kappa shape index (κ1) is 14.2. The van der Waals surface area contributed by atoms with Crippen LogP contribution < -0.4 is 11.1 Å². The third-order valence-electron chi connectivity index (χ3n) is 3.51. The van der Waals surface area contributed by atoms with Crippen LogP contribution in [0.2, 0.25) is 0 Å². The maximum atomic E-state index is 10.8. The van der Waals surface area contributed by atoms with Crippen molar-refractivity contribution in [1.82, 2.24) is 4.98 Å².